The van der Waals surface area contributed by atoms with Gasteiger partial charge in [-0.2, -0.15) is 4.98 Å². The van der Waals surface area contributed by atoms with Gasteiger partial charge < -0.3 is 14.2 Å². The van der Waals surface area contributed by atoms with Crippen LogP contribution in [0.25, 0.3) is 11.5 Å². The number of carbonyl (C=O) groups is 1. The number of methoxy groups -OCH3 is 1. The summed E-state index contributed by atoms with van der Waals surface area (Å²) >= 11 is 5.78. The molecule has 4 rings (SSSR count). The first kappa shape index (κ1) is 17.5. The summed E-state index contributed by atoms with van der Waals surface area (Å²) < 4.78 is 24.8. The maximum Gasteiger partial charge on any atom is 0.261 e. The van der Waals surface area contributed by atoms with Crippen LogP contribution >= 0.6 is 11.6 Å². The molecule has 1 saturated heterocycles. The van der Waals surface area contributed by atoms with Crippen molar-refractivity contribution < 1.29 is 18.4 Å². The molecule has 1 unspecified atom stereocenters. The van der Waals surface area contributed by atoms with Gasteiger partial charge in [0.2, 0.25) is 5.91 Å². The summed E-state index contributed by atoms with van der Waals surface area (Å²) in [6, 6.07) is 11.5. The van der Waals surface area contributed by atoms with Gasteiger partial charge in [0.25, 0.3) is 5.89 Å². The van der Waals surface area contributed by atoms with Gasteiger partial charge in [-0.15, -0.1) is 0 Å². The highest BCUT2D eigenvalue weighted by atomic mass is 35.5. The number of amides is 1. The summed E-state index contributed by atoms with van der Waals surface area (Å²) in [7, 11) is 1.56. The molecule has 0 radical (unpaired) electrons. The Bertz CT molecular complexity index is 1010. The van der Waals surface area contributed by atoms with Gasteiger partial charge in [0.1, 0.15) is 11.6 Å². The Morgan fingerprint density at radius 3 is 2.89 bits per heavy atom. The molecule has 1 amide bonds. The van der Waals surface area contributed by atoms with Gasteiger partial charge in [0.05, 0.1) is 18.4 Å². The highest BCUT2D eigenvalue weighted by Crippen LogP contribution is 2.34. The predicted molar refractivity (Wildman–Crippen MR) is 97.4 cm³/mol. The van der Waals surface area contributed by atoms with Crippen LogP contribution < -0.4 is 9.64 Å². The number of ether oxygens (including phenoxy) is 1. The van der Waals surface area contributed by atoms with Crippen molar-refractivity contribution in [1.82, 2.24) is 10.1 Å². The number of rotatable bonds is 4. The number of halogens is 2. The van der Waals surface area contributed by atoms with Crippen LogP contribution in [0.5, 0.6) is 5.75 Å². The molecular weight excluding hydrogens is 373 g/mol. The van der Waals surface area contributed by atoms with E-state index in [1.807, 2.05) is 18.2 Å². The van der Waals surface area contributed by atoms with Crippen LogP contribution in [0.15, 0.2) is 47.0 Å². The van der Waals surface area contributed by atoms with Crippen molar-refractivity contribution >= 4 is 23.2 Å². The predicted octanol–water partition coefficient (Wildman–Crippen LogP) is 4.06. The second-order valence-corrected chi connectivity index (χ2v) is 6.60. The van der Waals surface area contributed by atoms with Crippen molar-refractivity contribution in [3.05, 3.63) is 59.1 Å². The van der Waals surface area contributed by atoms with Crippen LogP contribution in [0.3, 0.4) is 0 Å². The molecule has 1 aliphatic rings. The molecule has 2 aromatic carbocycles. The lowest BCUT2D eigenvalue weighted by Gasteiger charge is -2.17. The fraction of sp³-hybridized carbons (Fsp3) is 0.211. The number of nitrogens with zero attached hydrogens (tertiary/aromatic N) is 3. The summed E-state index contributed by atoms with van der Waals surface area (Å²) in [5, 5.41) is 4.29. The Hall–Kier alpha value is -2.93. The molecule has 0 N–H and O–H groups in total. The number of carbonyl (C=O) groups excluding carboxylic acids is 1. The zero-order valence-electron chi connectivity index (χ0n) is 14.4. The quantitative estimate of drug-likeness (QED) is 0.675. The van der Waals surface area contributed by atoms with Crippen LogP contribution in [0.1, 0.15) is 18.2 Å². The number of benzene rings is 2. The first-order valence-electron chi connectivity index (χ1n) is 8.29. The smallest absolute Gasteiger partial charge is 0.261 e. The lowest BCUT2D eigenvalue weighted by Crippen LogP contribution is -2.25. The standard InChI is InChI=1S/C19H15ClFN3O3/c1-26-16-5-3-2-4-13(16)19-22-18(23-27-19)11-8-17(25)24(10-11)15-7-6-12(20)9-14(15)21/h2-7,9,11H,8,10H2,1H3. The second-order valence-electron chi connectivity index (χ2n) is 6.16. The molecule has 3 aromatic rings. The fourth-order valence-corrected chi connectivity index (χ4v) is 3.30. The Labute approximate surface area is 159 Å². The van der Waals surface area contributed by atoms with Crippen molar-refractivity contribution in [2.75, 3.05) is 18.6 Å². The van der Waals surface area contributed by atoms with Crippen LogP contribution in [0.4, 0.5) is 10.1 Å². The molecular formula is C19H15ClFN3O3. The summed E-state index contributed by atoms with van der Waals surface area (Å²) in [4.78, 5) is 18.2. The van der Waals surface area contributed by atoms with Gasteiger partial charge in [-0.1, -0.05) is 28.9 Å². The molecule has 1 atom stereocenters. The minimum absolute atomic E-state index is 0.174. The van der Waals surface area contributed by atoms with E-state index >= 15 is 0 Å². The van der Waals surface area contributed by atoms with Gasteiger partial charge in [0, 0.05) is 23.9 Å². The molecule has 1 aromatic heterocycles. The normalized spacial score (nSPS) is 16.8. The van der Waals surface area contributed by atoms with Gasteiger partial charge in [0.15, 0.2) is 5.82 Å². The van der Waals surface area contributed by atoms with E-state index in [9.17, 15) is 9.18 Å². The molecule has 0 saturated carbocycles. The van der Waals surface area contributed by atoms with Gasteiger partial charge in [-0.3, -0.25) is 4.79 Å². The molecule has 1 fully saturated rings. The van der Waals surface area contributed by atoms with Crippen LogP contribution in [-0.4, -0.2) is 29.7 Å². The Morgan fingerprint density at radius 1 is 1.30 bits per heavy atom. The molecule has 0 aliphatic carbocycles. The maximum atomic E-state index is 14.2. The average Bonchev–Trinajstić information content (AvgIpc) is 3.29. The van der Waals surface area contributed by atoms with Crippen molar-refractivity contribution in [3.63, 3.8) is 0 Å². The van der Waals surface area contributed by atoms with Crippen LogP contribution in [0, 0.1) is 5.82 Å². The van der Waals surface area contributed by atoms with E-state index in [0.29, 0.717) is 23.0 Å². The minimum Gasteiger partial charge on any atom is -0.496 e. The summed E-state index contributed by atoms with van der Waals surface area (Å²) in [6.45, 7) is 0.266. The van der Waals surface area contributed by atoms with Gasteiger partial charge in [-0.25, -0.2) is 4.39 Å². The third kappa shape index (κ3) is 3.26. The van der Waals surface area contributed by atoms with E-state index < -0.39 is 5.82 Å². The molecule has 2 heterocycles. The molecule has 0 bridgehead atoms. The third-order valence-corrected chi connectivity index (χ3v) is 4.70. The van der Waals surface area contributed by atoms with Gasteiger partial charge in [-0.05, 0) is 30.3 Å². The number of para-hydroxylation sites is 1. The van der Waals surface area contributed by atoms with Crippen molar-refractivity contribution in [2.24, 2.45) is 0 Å². The second kappa shape index (κ2) is 7.00. The molecule has 8 heteroatoms. The first-order chi connectivity index (χ1) is 13.1. The number of aromatic nitrogens is 2. The largest absolute Gasteiger partial charge is 0.496 e. The van der Waals surface area contributed by atoms with Crippen LogP contribution in [0.2, 0.25) is 5.02 Å². The van der Waals surface area contributed by atoms with E-state index in [-0.39, 0.29) is 35.5 Å². The number of anilines is 1. The van der Waals surface area contributed by atoms with E-state index in [1.165, 1.54) is 17.0 Å². The average molecular weight is 388 g/mol. The number of hydrogen-bond donors (Lipinski definition) is 0. The summed E-state index contributed by atoms with van der Waals surface area (Å²) in [5.41, 5.74) is 0.865. The van der Waals surface area contributed by atoms with Crippen molar-refractivity contribution in [3.8, 4) is 17.2 Å². The fourth-order valence-electron chi connectivity index (χ4n) is 3.14. The van der Waals surface area contributed by atoms with Gasteiger partial charge >= 0.3 is 0 Å². The SMILES string of the molecule is COc1ccccc1-c1nc(C2CC(=O)N(c3ccc(Cl)cc3F)C2)no1. The molecule has 6 nitrogen and oxygen atoms in total. The minimum atomic E-state index is -0.542. The van der Waals surface area contributed by atoms with Crippen LogP contribution in [-0.2, 0) is 4.79 Å². The zero-order chi connectivity index (χ0) is 19.0. The molecule has 1 aliphatic heterocycles. The van der Waals surface area contributed by atoms with Crippen molar-refractivity contribution in [2.45, 2.75) is 12.3 Å². The molecule has 138 valence electrons. The van der Waals surface area contributed by atoms with E-state index in [1.54, 1.807) is 19.2 Å². The Morgan fingerprint density at radius 2 is 2.11 bits per heavy atom. The Kier molecular flexibility index (Phi) is 4.53. The van der Waals surface area contributed by atoms with E-state index in [4.69, 9.17) is 20.9 Å². The summed E-state index contributed by atoms with van der Waals surface area (Å²) in [6.07, 6.45) is 0.174. The maximum absolute atomic E-state index is 14.2. The monoisotopic (exact) mass is 387 g/mol. The molecule has 27 heavy (non-hydrogen) atoms. The first-order valence-corrected chi connectivity index (χ1v) is 8.67. The summed E-state index contributed by atoms with van der Waals surface area (Å²) in [5.74, 6) is 0.288. The highest BCUT2D eigenvalue weighted by Gasteiger charge is 2.36. The lowest BCUT2D eigenvalue weighted by atomic mass is 10.1. The topological polar surface area (TPSA) is 68.5 Å². The highest BCUT2D eigenvalue weighted by molar-refractivity contribution is 6.30. The lowest BCUT2D eigenvalue weighted by molar-refractivity contribution is -0.117. The van der Waals surface area contributed by atoms with Crippen molar-refractivity contribution in [1.29, 1.82) is 0 Å². The van der Waals surface area contributed by atoms with E-state index in [0.717, 1.165) is 0 Å². The Balaban J connectivity index is 1.59. The van der Waals surface area contributed by atoms with E-state index in [2.05, 4.69) is 10.1 Å². The number of hydrogen-bond acceptors (Lipinski definition) is 5. The molecule has 0 spiro atoms. The third-order valence-electron chi connectivity index (χ3n) is 4.47. The zero-order valence-corrected chi connectivity index (χ0v) is 15.1.